The third kappa shape index (κ3) is 4.05. The van der Waals surface area contributed by atoms with E-state index in [0.29, 0.717) is 17.5 Å². The molecule has 0 bridgehead atoms. The molecular formula is C20H25N3OS. The van der Waals surface area contributed by atoms with Crippen molar-refractivity contribution in [2.45, 2.75) is 44.3 Å². The van der Waals surface area contributed by atoms with Crippen LogP contribution in [0.15, 0.2) is 36.4 Å². The molecule has 2 aliphatic rings. The lowest BCUT2D eigenvalue weighted by Gasteiger charge is -2.47. The first kappa shape index (κ1) is 17.0. The molecule has 2 fully saturated rings. The molecule has 4 nitrogen and oxygen atoms in total. The molecular weight excluding hydrogens is 330 g/mol. The second-order valence-corrected chi connectivity index (χ2v) is 8.80. The van der Waals surface area contributed by atoms with Crippen LogP contribution in [0.25, 0.3) is 0 Å². The number of aromatic nitrogens is 2. The Bertz CT molecular complexity index is 745. The average Bonchev–Trinajstić information content (AvgIpc) is 2.97. The number of nitrogens with zero attached hydrogens (tertiary/aromatic N) is 3. The van der Waals surface area contributed by atoms with Crippen LogP contribution in [-0.2, 0) is 17.9 Å². The molecule has 4 heterocycles. The van der Waals surface area contributed by atoms with Crippen molar-refractivity contribution in [1.29, 1.82) is 0 Å². The molecule has 1 unspecified atom stereocenters. The number of rotatable bonds is 5. The Labute approximate surface area is 154 Å². The second kappa shape index (κ2) is 7.06. The average molecular weight is 356 g/mol. The van der Waals surface area contributed by atoms with E-state index in [9.17, 15) is 0 Å². The van der Waals surface area contributed by atoms with E-state index in [0.717, 1.165) is 48.9 Å². The van der Waals surface area contributed by atoms with Gasteiger partial charge in [0.2, 0.25) is 0 Å². The predicted molar refractivity (Wildman–Crippen MR) is 102 cm³/mol. The molecule has 4 rings (SSSR count). The van der Waals surface area contributed by atoms with Crippen LogP contribution in [0, 0.1) is 13.8 Å². The highest BCUT2D eigenvalue weighted by Gasteiger charge is 2.49. The van der Waals surface area contributed by atoms with Crippen molar-refractivity contribution < 1.29 is 4.74 Å². The fourth-order valence-corrected chi connectivity index (χ4v) is 5.42. The monoisotopic (exact) mass is 355 g/mol. The normalized spacial score (nSPS) is 22.2. The number of hydrogen-bond acceptors (Lipinski definition) is 5. The molecule has 1 atom stereocenters. The summed E-state index contributed by atoms with van der Waals surface area (Å²) in [5.41, 5.74) is 4.36. The summed E-state index contributed by atoms with van der Waals surface area (Å²) in [5.74, 6) is 1.10. The lowest BCUT2D eigenvalue weighted by atomic mass is 9.93. The maximum atomic E-state index is 6.13. The van der Waals surface area contributed by atoms with Crippen LogP contribution in [0.2, 0.25) is 0 Å². The smallest absolute Gasteiger partial charge is 0.0892 e. The molecule has 132 valence electrons. The SMILES string of the molecule is Cc1cccc(COC2CSC3(C2)CN(Cc2cccc(C)n2)C3)n1. The predicted octanol–water partition coefficient (Wildman–Crippen LogP) is 3.37. The molecule has 1 spiro atoms. The molecule has 2 saturated heterocycles. The number of aryl methyl sites for hydroxylation is 2. The fraction of sp³-hybridized carbons (Fsp3) is 0.500. The molecule has 0 saturated carbocycles. The Morgan fingerprint density at radius 2 is 1.76 bits per heavy atom. The van der Waals surface area contributed by atoms with E-state index in [-0.39, 0.29) is 0 Å². The fourth-order valence-electron chi connectivity index (χ4n) is 3.81. The molecule has 0 aromatic carbocycles. The first-order valence-corrected chi connectivity index (χ1v) is 9.92. The van der Waals surface area contributed by atoms with Crippen LogP contribution < -0.4 is 0 Å². The topological polar surface area (TPSA) is 38.2 Å². The molecule has 0 radical (unpaired) electrons. The van der Waals surface area contributed by atoms with Crippen LogP contribution in [0.1, 0.15) is 29.2 Å². The quantitative estimate of drug-likeness (QED) is 0.822. The van der Waals surface area contributed by atoms with Crippen LogP contribution in [0.5, 0.6) is 0 Å². The van der Waals surface area contributed by atoms with E-state index >= 15 is 0 Å². The van der Waals surface area contributed by atoms with E-state index in [2.05, 4.69) is 57.8 Å². The summed E-state index contributed by atoms with van der Waals surface area (Å²) < 4.78 is 6.53. The zero-order chi connectivity index (χ0) is 17.3. The summed E-state index contributed by atoms with van der Waals surface area (Å²) in [6.45, 7) is 7.96. The standard InChI is InChI=1S/C20H25N3OS/c1-15-5-3-7-17(21-15)10-23-13-20(14-23)9-19(12-25-20)24-11-18-8-4-6-16(2)22-18/h3-8,19H,9-14H2,1-2H3. The van der Waals surface area contributed by atoms with E-state index in [4.69, 9.17) is 4.74 Å². The molecule has 0 N–H and O–H groups in total. The van der Waals surface area contributed by atoms with Crippen molar-refractivity contribution in [3.05, 3.63) is 59.2 Å². The van der Waals surface area contributed by atoms with E-state index in [1.54, 1.807) is 0 Å². The summed E-state index contributed by atoms with van der Waals surface area (Å²) >= 11 is 2.09. The van der Waals surface area contributed by atoms with Crippen molar-refractivity contribution in [3.8, 4) is 0 Å². The van der Waals surface area contributed by atoms with Gasteiger partial charge in [0, 0.05) is 41.5 Å². The number of likely N-dealkylation sites (tertiary alicyclic amines) is 1. The Hall–Kier alpha value is -1.43. The van der Waals surface area contributed by atoms with Gasteiger partial charge in [-0.2, -0.15) is 0 Å². The minimum Gasteiger partial charge on any atom is -0.371 e. The number of thioether (sulfide) groups is 1. The van der Waals surface area contributed by atoms with Crippen molar-refractivity contribution in [3.63, 3.8) is 0 Å². The van der Waals surface area contributed by atoms with Gasteiger partial charge in [0.1, 0.15) is 0 Å². The molecule has 5 heteroatoms. The van der Waals surface area contributed by atoms with E-state index in [1.807, 2.05) is 19.1 Å². The second-order valence-electron chi connectivity index (χ2n) is 7.32. The summed E-state index contributed by atoms with van der Waals surface area (Å²) in [7, 11) is 0. The lowest BCUT2D eigenvalue weighted by molar-refractivity contribution is 0.0248. The van der Waals surface area contributed by atoms with Crippen molar-refractivity contribution >= 4 is 11.8 Å². The third-order valence-corrected chi connectivity index (χ3v) is 6.52. The Kier molecular flexibility index (Phi) is 4.80. The number of ether oxygens (including phenoxy) is 1. The van der Waals surface area contributed by atoms with Crippen LogP contribution in [0.3, 0.4) is 0 Å². The highest BCUT2D eigenvalue weighted by Crippen LogP contribution is 2.46. The Morgan fingerprint density at radius 3 is 2.48 bits per heavy atom. The van der Waals surface area contributed by atoms with Gasteiger partial charge in [0.25, 0.3) is 0 Å². The number of pyridine rings is 2. The summed E-state index contributed by atoms with van der Waals surface area (Å²) in [4.78, 5) is 11.6. The van der Waals surface area contributed by atoms with Crippen LogP contribution in [0.4, 0.5) is 0 Å². The lowest BCUT2D eigenvalue weighted by Crippen LogP contribution is -2.58. The van der Waals surface area contributed by atoms with E-state index in [1.165, 1.54) is 5.69 Å². The van der Waals surface area contributed by atoms with Gasteiger partial charge in [-0.25, -0.2) is 0 Å². The van der Waals surface area contributed by atoms with Gasteiger partial charge in [-0.1, -0.05) is 12.1 Å². The Morgan fingerprint density at radius 1 is 1.08 bits per heavy atom. The molecule has 2 aromatic heterocycles. The summed E-state index contributed by atoms with van der Waals surface area (Å²) in [6.07, 6.45) is 1.51. The molecule has 0 amide bonds. The van der Waals surface area contributed by atoms with Crippen molar-refractivity contribution in [2.75, 3.05) is 18.8 Å². The zero-order valence-corrected chi connectivity index (χ0v) is 15.8. The minimum atomic E-state index is 0.353. The summed E-state index contributed by atoms with van der Waals surface area (Å²) in [5, 5.41) is 0. The van der Waals surface area contributed by atoms with Crippen molar-refractivity contribution in [2.24, 2.45) is 0 Å². The van der Waals surface area contributed by atoms with Crippen LogP contribution >= 0.6 is 11.8 Å². The maximum absolute atomic E-state index is 6.13. The molecule has 0 aliphatic carbocycles. The van der Waals surface area contributed by atoms with Gasteiger partial charge < -0.3 is 4.74 Å². The minimum absolute atomic E-state index is 0.353. The Balaban J connectivity index is 1.24. The molecule has 25 heavy (non-hydrogen) atoms. The van der Waals surface area contributed by atoms with Crippen LogP contribution in [-0.4, -0.2) is 44.6 Å². The largest absolute Gasteiger partial charge is 0.371 e. The molecule has 2 aromatic rings. The van der Waals surface area contributed by atoms with Gasteiger partial charge >= 0.3 is 0 Å². The van der Waals surface area contributed by atoms with Crippen molar-refractivity contribution in [1.82, 2.24) is 14.9 Å². The highest BCUT2D eigenvalue weighted by atomic mass is 32.2. The van der Waals surface area contributed by atoms with Gasteiger partial charge in [-0.15, -0.1) is 11.8 Å². The highest BCUT2D eigenvalue weighted by molar-refractivity contribution is 8.01. The first-order chi connectivity index (χ1) is 12.1. The first-order valence-electron chi connectivity index (χ1n) is 8.93. The number of hydrogen-bond donors (Lipinski definition) is 0. The molecule has 2 aliphatic heterocycles. The van der Waals surface area contributed by atoms with Gasteiger partial charge in [0.15, 0.2) is 0 Å². The third-order valence-electron chi connectivity index (χ3n) is 4.94. The van der Waals surface area contributed by atoms with Gasteiger partial charge in [0.05, 0.1) is 24.1 Å². The van der Waals surface area contributed by atoms with E-state index < -0.39 is 0 Å². The van der Waals surface area contributed by atoms with Gasteiger partial charge in [-0.3, -0.25) is 14.9 Å². The zero-order valence-electron chi connectivity index (χ0n) is 14.9. The maximum Gasteiger partial charge on any atom is 0.0892 e. The van der Waals surface area contributed by atoms with Gasteiger partial charge in [-0.05, 0) is 44.5 Å². The summed E-state index contributed by atoms with van der Waals surface area (Å²) in [6, 6.07) is 12.4.